The van der Waals surface area contributed by atoms with E-state index >= 15 is 0 Å². The first-order valence-electron chi connectivity index (χ1n) is 3.58. The van der Waals surface area contributed by atoms with Crippen molar-refractivity contribution in [2.45, 2.75) is 0 Å². The fraction of sp³-hybridized carbons (Fsp3) is 0.125. The molecule has 0 spiro atoms. The van der Waals surface area contributed by atoms with Crippen molar-refractivity contribution in [1.29, 1.82) is 0 Å². The number of nitrogen functional groups attached to an aromatic ring is 1. The molecule has 4 nitrogen and oxygen atoms in total. The number of hydrogen-bond donors (Lipinski definition) is 1. The summed E-state index contributed by atoms with van der Waals surface area (Å²) in [5.41, 5.74) is 7.07. The van der Waals surface area contributed by atoms with E-state index in [0.717, 1.165) is 5.65 Å². The van der Waals surface area contributed by atoms with E-state index in [9.17, 15) is 0 Å². The Labute approximate surface area is 69.6 Å². The lowest BCUT2D eigenvalue weighted by molar-refractivity contribution is 0.417. The summed E-state index contributed by atoms with van der Waals surface area (Å²) >= 11 is 0. The fourth-order valence-electron chi connectivity index (χ4n) is 1.17. The lowest BCUT2D eigenvalue weighted by Gasteiger charge is -2.04. The predicted octanol–water partition coefficient (Wildman–Crippen LogP) is 0.925. The number of nitrogens with two attached hydrogens (primary N) is 1. The summed E-state index contributed by atoms with van der Waals surface area (Å²) < 4.78 is 6.89. The summed E-state index contributed by atoms with van der Waals surface area (Å²) in [6.45, 7) is 0. The molecule has 12 heavy (non-hydrogen) atoms. The molecule has 0 bridgehead atoms. The lowest BCUT2D eigenvalue weighted by atomic mass is 10.4. The Kier molecular flexibility index (Phi) is 1.40. The highest BCUT2D eigenvalue weighted by atomic mass is 16.5. The molecule has 0 aliphatic heterocycles. The lowest BCUT2D eigenvalue weighted by Crippen LogP contribution is -1.96. The molecule has 2 rings (SSSR count). The summed E-state index contributed by atoms with van der Waals surface area (Å²) in [5, 5.41) is 0. The van der Waals surface area contributed by atoms with E-state index in [0.29, 0.717) is 11.4 Å². The first-order valence-corrected chi connectivity index (χ1v) is 3.58. The molecule has 62 valence electrons. The third kappa shape index (κ3) is 0.812. The highest BCUT2D eigenvalue weighted by Crippen LogP contribution is 2.23. The second-order valence-corrected chi connectivity index (χ2v) is 2.46. The van der Waals surface area contributed by atoms with Gasteiger partial charge in [0.05, 0.1) is 7.11 Å². The Morgan fingerprint density at radius 1 is 1.50 bits per heavy atom. The molecular formula is C8H9N3O. The normalized spacial score (nSPS) is 10.4. The Morgan fingerprint density at radius 2 is 2.33 bits per heavy atom. The Morgan fingerprint density at radius 3 is 3.08 bits per heavy atom. The van der Waals surface area contributed by atoms with Gasteiger partial charge >= 0.3 is 0 Å². The molecule has 4 heteroatoms. The van der Waals surface area contributed by atoms with Gasteiger partial charge in [0.15, 0.2) is 5.65 Å². The molecule has 0 aliphatic rings. The molecule has 0 fully saturated rings. The van der Waals surface area contributed by atoms with Crippen LogP contribution in [-0.4, -0.2) is 16.5 Å². The molecule has 0 saturated carbocycles. The Bertz CT molecular complexity index is 408. The highest BCUT2D eigenvalue weighted by Gasteiger charge is 2.04. The van der Waals surface area contributed by atoms with Crippen LogP contribution in [0, 0.1) is 0 Å². The van der Waals surface area contributed by atoms with Gasteiger partial charge in [-0.2, -0.15) is 0 Å². The van der Waals surface area contributed by atoms with Gasteiger partial charge in [0.25, 0.3) is 0 Å². The summed E-state index contributed by atoms with van der Waals surface area (Å²) in [5.74, 6) is 0.661. The molecule has 2 heterocycles. The molecule has 2 aromatic rings. The molecule has 0 saturated heterocycles. The second-order valence-electron chi connectivity index (χ2n) is 2.46. The largest absolute Gasteiger partial charge is 0.494 e. The first-order chi connectivity index (χ1) is 5.83. The van der Waals surface area contributed by atoms with E-state index in [-0.39, 0.29) is 0 Å². The van der Waals surface area contributed by atoms with Crippen molar-refractivity contribution in [2.75, 3.05) is 12.8 Å². The first kappa shape index (κ1) is 6.97. The zero-order valence-electron chi connectivity index (χ0n) is 6.69. The number of fused-ring (bicyclic) bond motifs is 1. The van der Waals surface area contributed by atoms with Gasteiger partial charge in [-0.25, -0.2) is 4.98 Å². The number of nitrogens with zero attached hydrogens (tertiary/aromatic N) is 2. The Hall–Kier alpha value is -1.71. The van der Waals surface area contributed by atoms with Crippen molar-refractivity contribution < 1.29 is 4.74 Å². The number of pyridine rings is 1. The van der Waals surface area contributed by atoms with Crippen molar-refractivity contribution in [2.24, 2.45) is 0 Å². The van der Waals surface area contributed by atoms with E-state index in [1.807, 2.05) is 22.9 Å². The van der Waals surface area contributed by atoms with E-state index in [1.54, 1.807) is 13.3 Å². The van der Waals surface area contributed by atoms with E-state index in [1.165, 1.54) is 0 Å². The monoisotopic (exact) mass is 163 g/mol. The average molecular weight is 163 g/mol. The van der Waals surface area contributed by atoms with Crippen LogP contribution < -0.4 is 10.5 Å². The van der Waals surface area contributed by atoms with Crippen molar-refractivity contribution in [3.05, 3.63) is 24.7 Å². The number of ether oxygens (including phenoxy) is 1. The van der Waals surface area contributed by atoms with E-state index in [2.05, 4.69) is 4.98 Å². The van der Waals surface area contributed by atoms with Gasteiger partial charge in [-0.15, -0.1) is 0 Å². The van der Waals surface area contributed by atoms with Crippen LogP contribution in [0.15, 0.2) is 24.7 Å². The van der Waals surface area contributed by atoms with Crippen LogP contribution in [0.2, 0.25) is 0 Å². The molecule has 0 amide bonds. The zero-order chi connectivity index (χ0) is 8.55. The van der Waals surface area contributed by atoms with E-state index in [4.69, 9.17) is 10.5 Å². The van der Waals surface area contributed by atoms with Crippen LogP contribution >= 0.6 is 0 Å². The number of anilines is 1. The molecule has 2 aromatic heterocycles. The van der Waals surface area contributed by atoms with Crippen molar-refractivity contribution >= 4 is 11.3 Å². The number of rotatable bonds is 1. The molecular weight excluding hydrogens is 154 g/mol. The summed E-state index contributed by atoms with van der Waals surface area (Å²) in [4.78, 5) is 4.08. The molecule has 0 unspecified atom stereocenters. The number of imidazole rings is 1. The van der Waals surface area contributed by atoms with Gasteiger partial charge < -0.3 is 14.9 Å². The third-order valence-electron chi connectivity index (χ3n) is 1.78. The number of hydrogen-bond acceptors (Lipinski definition) is 3. The maximum absolute atomic E-state index is 5.77. The summed E-state index contributed by atoms with van der Waals surface area (Å²) in [6.07, 6.45) is 5.40. The Balaban J connectivity index is 2.78. The average Bonchev–Trinajstić information content (AvgIpc) is 2.53. The minimum atomic E-state index is 0.574. The van der Waals surface area contributed by atoms with Crippen LogP contribution in [0.25, 0.3) is 5.65 Å². The summed E-state index contributed by atoms with van der Waals surface area (Å²) in [7, 11) is 1.59. The van der Waals surface area contributed by atoms with Gasteiger partial charge in [-0.1, -0.05) is 0 Å². The quantitative estimate of drug-likeness (QED) is 0.680. The summed E-state index contributed by atoms with van der Waals surface area (Å²) in [6, 6.07) is 1.81. The van der Waals surface area contributed by atoms with Gasteiger partial charge in [-0.05, 0) is 6.07 Å². The molecule has 0 aliphatic carbocycles. The smallest absolute Gasteiger partial charge is 0.163 e. The topological polar surface area (TPSA) is 52.5 Å². The van der Waals surface area contributed by atoms with Crippen LogP contribution in [-0.2, 0) is 0 Å². The number of aromatic nitrogens is 2. The predicted molar refractivity (Wildman–Crippen MR) is 46.2 cm³/mol. The minimum Gasteiger partial charge on any atom is -0.494 e. The molecule has 0 aromatic carbocycles. The number of methoxy groups -OCH3 is 1. The second kappa shape index (κ2) is 2.41. The molecule has 0 radical (unpaired) electrons. The fourth-order valence-corrected chi connectivity index (χ4v) is 1.17. The van der Waals surface area contributed by atoms with Gasteiger partial charge in [-0.3, -0.25) is 0 Å². The van der Waals surface area contributed by atoms with Gasteiger partial charge in [0.1, 0.15) is 11.4 Å². The van der Waals surface area contributed by atoms with Crippen LogP contribution in [0.3, 0.4) is 0 Å². The zero-order valence-corrected chi connectivity index (χ0v) is 6.69. The highest BCUT2D eigenvalue weighted by molar-refractivity contribution is 5.71. The maximum Gasteiger partial charge on any atom is 0.163 e. The van der Waals surface area contributed by atoms with Gasteiger partial charge in [0, 0.05) is 18.6 Å². The SMILES string of the molecule is COc1ccn2ccnc2c1N. The minimum absolute atomic E-state index is 0.574. The maximum atomic E-state index is 5.77. The van der Waals surface area contributed by atoms with E-state index < -0.39 is 0 Å². The van der Waals surface area contributed by atoms with Crippen LogP contribution in [0.5, 0.6) is 5.75 Å². The van der Waals surface area contributed by atoms with Crippen molar-refractivity contribution in [1.82, 2.24) is 9.38 Å². The van der Waals surface area contributed by atoms with Crippen molar-refractivity contribution in [3.63, 3.8) is 0 Å². The van der Waals surface area contributed by atoms with Crippen molar-refractivity contribution in [3.8, 4) is 5.75 Å². The molecule has 0 atom stereocenters. The van der Waals surface area contributed by atoms with Gasteiger partial charge in [0.2, 0.25) is 0 Å². The molecule has 2 N–H and O–H groups in total. The van der Waals surface area contributed by atoms with Crippen LogP contribution in [0.4, 0.5) is 5.69 Å². The third-order valence-corrected chi connectivity index (χ3v) is 1.78. The standard InChI is InChI=1S/C8H9N3O/c1-12-6-2-4-11-5-3-10-8(11)7(6)9/h2-5H,9H2,1H3. The van der Waals surface area contributed by atoms with Crippen LogP contribution in [0.1, 0.15) is 0 Å².